The van der Waals surface area contributed by atoms with E-state index in [2.05, 4.69) is 10.1 Å². The molecule has 11 heteroatoms. The van der Waals surface area contributed by atoms with Crippen molar-refractivity contribution in [2.45, 2.75) is 31.3 Å². The zero-order chi connectivity index (χ0) is 22.8. The average molecular weight is 460 g/mol. The highest BCUT2D eigenvalue weighted by atomic mass is 32.2. The van der Waals surface area contributed by atoms with Crippen LogP contribution in [0, 0.1) is 24.5 Å². The summed E-state index contributed by atoms with van der Waals surface area (Å²) in [5.74, 6) is -2.93. The van der Waals surface area contributed by atoms with Crippen LogP contribution in [-0.2, 0) is 14.8 Å². The summed E-state index contributed by atoms with van der Waals surface area (Å²) in [5.41, 5.74) is 0.637. The lowest BCUT2D eigenvalue weighted by atomic mass is 9.97. The number of hydrogen-bond donors (Lipinski definition) is 1. The number of halogens is 4. The third-order valence-electron chi connectivity index (χ3n) is 5.09. The van der Waals surface area contributed by atoms with Gasteiger partial charge in [0.05, 0.1) is 0 Å². The maximum Gasteiger partial charge on any atom is 0.387 e. The zero-order valence-corrected chi connectivity index (χ0v) is 17.3. The van der Waals surface area contributed by atoms with Gasteiger partial charge in [-0.3, -0.25) is 4.79 Å². The Morgan fingerprint density at radius 3 is 2.48 bits per heavy atom. The normalized spacial score (nSPS) is 15.8. The van der Waals surface area contributed by atoms with Gasteiger partial charge in [0.25, 0.3) is 0 Å². The van der Waals surface area contributed by atoms with Crippen LogP contribution < -0.4 is 10.1 Å². The molecule has 2 aromatic rings. The molecule has 2 aromatic carbocycles. The van der Waals surface area contributed by atoms with Crippen molar-refractivity contribution in [3.8, 4) is 5.75 Å². The van der Waals surface area contributed by atoms with E-state index in [9.17, 15) is 30.8 Å². The maximum absolute atomic E-state index is 13.9. The van der Waals surface area contributed by atoms with E-state index in [0.717, 1.165) is 16.4 Å². The molecule has 0 atom stereocenters. The standard InChI is InChI=1S/C20H20F4N2O4S/c1-12-16(3-2-4-17(12)30-20(23)24)25-19(27)13-7-9-26(10-8-13)31(28,29)18-11-14(21)5-6-15(18)22/h2-6,11,13,20H,7-10H2,1H3,(H,25,27). The molecular weight excluding hydrogens is 440 g/mol. The van der Waals surface area contributed by atoms with Gasteiger partial charge in [-0.2, -0.15) is 13.1 Å². The van der Waals surface area contributed by atoms with E-state index in [1.807, 2.05) is 0 Å². The molecule has 0 unspecified atom stereocenters. The van der Waals surface area contributed by atoms with Crippen molar-refractivity contribution < 1.29 is 35.5 Å². The highest BCUT2D eigenvalue weighted by molar-refractivity contribution is 7.89. The molecule has 1 amide bonds. The minimum absolute atomic E-state index is 0.0517. The number of anilines is 1. The fourth-order valence-electron chi connectivity index (χ4n) is 3.38. The fourth-order valence-corrected chi connectivity index (χ4v) is 4.93. The molecule has 1 N–H and O–H groups in total. The van der Waals surface area contributed by atoms with E-state index in [0.29, 0.717) is 17.3 Å². The van der Waals surface area contributed by atoms with Crippen molar-refractivity contribution in [1.29, 1.82) is 0 Å². The van der Waals surface area contributed by atoms with Crippen LogP contribution in [0.3, 0.4) is 0 Å². The molecule has 0 spiro atoms. The van der Waals surface area contributed by atoms with E-state index in [-0.39, 0.29) is 31.7 Å². The van der Waals surface area contributed by atoms with Gasteiger partial charge in [0.15, 0.2) is 0 Å². The second-order valence-corrected chi connectivity index (χ2v) is 8.96. The summed E-state index contributed by atoms with van der Waals surface area (Å²) in [6.45, 7) is -1.58. The molecule has 6 nitrogen and oxygen atoms in total. The summed E-state index contributed by atoms with van der Waals surface area (Å²) in [7, 11) is -4.25. The Morgan fingerprint density at radius 1 is 1.16 bits per heavy atom. The third-order valence-corrected chi connectivity index (χ3v) is 7.01. The summed E-state index contributed by atoms with van der Waals surface area (Å²) < 4.78 is 83.0. The summed E-state index contributed by atoms with van der Waals surface area (Å²) in [5, 5.41) is 2.65. The van der Waals surface area contributed by atoms with Crippen LogP contribution in [0.4, 0.5) is 23.2 Å². The van der Waals surface area contributed by atoms with Crippen molar-refractivity contribution in [2.24, 2.45) is 5.92 Å². The Kier molecular flexibility index (Phi) is 6.85. The topological polar surface area (TPSA) is 75.7 Å². The van der Waals surface area contributed by atoms with Gasteiger partial charge < -0.3 is 10.1 Å². The third kappa shape index (κ3) is 5.16. The molecule has 1 aliphatic rings. The Bertz CT molecular complexity index is 1070. The predicted octanol–water partition coefficient (Wildman–Crippen LogP) is 3.91. The van der Waals surface area contributed by atoms with E-state index in [1.165, 1.54) is 25.1 Å². The molecule has 31 heavy (non-hydrogen) atoms. The van der Waals surface area contributed by atoms with Gasteiger partial charge in [-0.05, 0) is 50.1 Å². The quantitative estimate of drug-likeness (QED) is 0.664. The molecule has 1 fully saturated rings. The van der Waals surface area contributed by atoms with Crippen LogP contribution in [-0.4, -0.2) is 38.3 Å². The van der Waals surface area contributed by atoms with Gasteiger partial charge in [-0.15, -0.1) is 0 Å². The molecule has 0 bridgehead atoms. The number of sulfonamides is 1. The van der Waals surface area contributed by atoms with Crippen LogP contribution in [0.5, 0.6) is 5.75 Å². The Labute approximate surface area is 176 Å². The maximum atomic E-state index is 13.9. The highest BCUT2D eigenvalue weighted by Crippen LogP contribution is 2.29. The second-order valence-electron chi connectivity index (χ2n) is 7.05. The summed E-state index contributed by atoms with van der Waals surface area (Å²) in [4.78, 5) is 11.9. The number of carbonyl (C=O) groups excluding carboxylic acids is 1. The van der Waals surface area contributed by atoms with E-state index < -0.39 is 45.0 Å². The van der Waals surface area contributed by atoms with Gasteiger partial charge in [0.1, 0.15) is 22.3 Å². The van der Waals surface area contributed by atoms with Gasteiger partial charge in [0.2, 0.25) is 15.9 Å². The largest absolute Gasteiger partial charge is 0.434 e. The van der Waals surface area contributed by atoms with Crippen LogP contribution >= 0.6 is 0 Å². The van der Waals surface area contributed by atoms with Gasteiger partial charge >= 0.3 is 6.61 Å². The monoisotopic (exact) mass is 460 g/mol. The van der Waals surface area contributed by atoms with Crippen molar-refractivity contribution in [1.82, 2.24) is 4.31 Å². The number of rotatable bonds is 6. The van der Waals surface area contributed by atoms with Crippen LogP contribution in [0.2, 0.25) is 0 Å². The second kappa shape index (κ2) is 9.23. The van der Waals surface area contributed by atoms with Crippen LogP contribution in [0.15, 0.2) is 41.3 Å². The van der Waals surface area contributed by atoms with E-state index >= 15 is 0 Å². The molecule has 0 aliphatic carbocycles. The number of carbonyl (C=O) groups is 1. The summed E-state index contributed by atoms with van der Waals surface area (Å²) >= 11 is 0. The van der Waals surface area contributed by atoms with Crippen molar-refractivity contribution in [2.75, 3.05) is 18.4 Å². The number of benzene rings is 2. The average Bonchev–Trinajstić information content (AvgIpc) is 2.72. The molecule has 168 valence electrons. The number of nitrogens with zero attached hydrogens (tertiary/aromatic N) is 1. The Balaban J connectivity index is 1.66. The fraction of sp³-hybridized carbons (Fsp3) is 0.350. The molecule has 3 rings (SSSR count). The first kappa shape index (κ1) is 23.0. The molecular formula is C20H20F4N2O4S. The van der Waals surface area contributed by atoms with Gasteiger partial charge in [0, 0.05) is 30.3 Å². The zero-order valence-electron chi connectivity index (χ0n) is 16.4. The van der Waals surface area contributed by atoms with E-state index in [1.54, 1.807) is 0 Å². The lowest BCUT2D eigenvalue weighted by molar-refractivity contribution is -0.120. The number of nitrogens with one attached hydrogen (secondary N) is 1. The molecule has 0 radical (unpaired) electrons. The van der Waals surface area contributed by atoms with Crippen molar-refractivity contribution in [3.63, 3.8) is 0 Å². The minimum atomic E-state index is -4.25. The van der Waals surface area contributed by atoms with Crippen LogP contribution in [0.1, 0.15) is 18.4 Å². The SMILES string of the molecule is Cc1c(NC(=O)C2CCN(S(=O)(=O)c3cc(F)ccc3F)CC2)cccc1OC(F)F. The molecule has 0 aromatic heterocycles. The molecule has 0 saturated carbocycles. The van der Waals surface area contributed by atoms with Gasteiger partial charge in [-0.25, -0.2) is 17.2 Å². The Hall–Kier alpha value is -2.66. The smallest absolute Gasteiger partial charge is 0.387 e. The number of amides is 1. The first-order valence-electron chi connectivity index (χ1n) is 9.40. The number of hydrogen-bond acceptors (Lipinski definition) is 4. The summed E-state index contributed by atoms with van der Waals surface area (Å²) in [6, 6.07) is 6.55. The van der Waals surface area contributed by atoms with Crippen LogP contribution in [0.25, 0.3) is 0 Å². The lowest BCUT2D eigenvalue weighted by Crippen LogP contribution is -2.41. The molecule has 1 aliphatic heterocycles. The molecule has 1 heterocycles. The minimum Gasteiger partial charge on any atom is -0.434 e. The first-order chi connectivity index (χ1) is 14.6. The number of ether oxygens (including phenoxy) is 1. The predicted molar refractivity (Wildman–Crippen MR) is 104 cm³/mol. The van der Waals surface area contributed by atoms with Crippen molar-refractivity contribution >= 4 is 21.6 Å². The van der Waals surface area contributed by atoms with Crippen molar-refractivity contribution in [3.05, 3.63) is 53.6 Å². The van der Waals surface area contributed by atoms with E-state index in [4.69, 9.17) is 0 Å². The summed E-state index contributed by atoms with van der Waals surface area (Å²) in [6.07, 6.45) is 0.322. The Morgan fingerprint density at radius 2 is 1.84 bits per heavy atom. The number of piperidine rings is 1. The molecule has 1 saturated heterocycles. The first-order valence-corrected chi connectivity index (χ1v) is 10.8. The van der Waals surface area contributed by atoms with Gasteiger partial charge in [-0.1, -0.05) is 6.07 Å². The number of alkyl halides is 2. The highest BCUT2D eigenvalue weighted by Gasteiger charge is 2.34. The lowest BCUT2D eigenvalue weighted by Gasteiger charge is -2.30.